The summed E-state index contributed by atoms with van der Waals surface area (Å²) in [6.45, 7) is 0. The molecule has 0 radical (unpaired) electrons. The number of rotatable bonds is 3. The average molecular weight is 624 g/mol. The first-order chi connectivity index (χ1) is 19.7. The number of benzene rings is 3. The fraction of sp³-hybridized carbons (Fsp3) is 0.154. The Labute approximate surface area is 229 Å². The maximum Gasteiger partial charge on any atom is 0.416 e. The van der Waals surface area contributed by atoms with Gasteiger partial charge in [-0.05, 0) is 41.0 Å². The lowest BCUT2D eigenvalue weighted by atomic mass is 9.64. The van der Waals surface area contributed by atoms with Crippen LogP contribution in [0.1, 0.15) is 69.2 Å². The molecule has 0 saturated carbocycles. The van der Waals surface area contributed by atoms with Gasteiger partial charge in [0.05, 0.1) is 22.3 Å². The molecular weight excluding hydrogens is 617 g/mol. The van der Waals surface area contributed by atoms with E-state index in [1.165, 1.54) is 0 Å². The third-order valence-electron chi connectivity index (χ3n) is 6.79. The van der Waals surface area contributed by atoms with Gasteiger partial charge in [0.15, 0.2) is 0 Å². The number of halogens is 11. The fourth-order valence-electron chi connectivity index (χ4n) is 5.15. The minimum absolute atomic E-state index is 0.0944. The van der Waals surface area contributed by atoms with Crippen molar-refractivity contribution in [3.63, 3.8) is 0 Å². The summed E-state index contributed by atoms with van der Waals surface area (Å²) >= 11 is 0. The lowest BCUT2D eigenvalue weighted by Crippen LogP contribution is -2.48. The second kappa shape index (κ2) is 9.08. The zero-order valence-electron chi connectivity index (χ0n) is 20.1. The van der Waals surface area contributed by atoms with Gasteiger partial charge in [0, 0.05) is 0 Å². The number of carbonyl (C=O) groups excluding carboxylic acids is 4. The van der Waals surface area contributed by atoms with Crippen molar-refractivity contribution in [3.8, 4) is 0 Å². The first-order valence-electron chi connectivity index (χ1n) is 11.3. The molecule has 224 valence electrons. The number of alkyl halides is 9. The highest BCUT2D eigenvalue weighted by molar-refractivity contribution is 6.17. The Hall–Kier alpha value is -4.83. The maximum absolute atomic E-state index is 15.7. The number of hydrogen-bond donors (Lipinski definition) is 0. The van der Waals surface area contributed by atoms with Gasteiger partial charge in [0.2, 0.25) is 0 Å². The molecule has 0 atom stereocenters. The van der Waals surface area contributed by atoms with Crippen LogP contribution in [0, 0.1) is 11.6 Å². The molecule has 0 unspecified atom stereocenters. The Morgan fingerprint density at radius 2 is 0.860 bits per heavy atom. The van der Waals surface area contributed by atoms with Crippen LogP contribution < -0.4 is 0 Å². The van der Waals surface area contributed by atoms with E-state index >= 15 is 13.2 Å². The quantitative estimate of drug-likeness (QED) is 0.143. The summed E-state index contributed by atoms with van der Waals surface area (Å²) in [5.74, 6) is -11.1. The molecule has 0 amide bonds. The molecule has 3 aromatic rings. The predicted octanol–water partition coefficient (Wildman–Crippen LogP) is 6.52. The number of ether oxygens (including phenoxy) is 2. The lowest BCUT2D eigenvalue weighted by Gasteiger charge is -2.40. The number of cyclic esters (lactones) is 4. The summed E-state index contributed by atoms with van der Waals surface area (Å²) in [6, 6.07) is -0.677. The Kier molecular flexibility index (Phi) is 6.26. The third kappa shape index (κ3) is 4.16. The van der Waals surface area contributed by atoms with Gasteiger partial charge in [-0.15, -0.1) is 0 Å². The molecule has 0 bridgehead atoms. The average Bonchev–Trinajstić information content (AvgIpc) is 3.35. The highest BCUT2D eigenvalue weighted by Crippen LogP contribution is 2.57. The Balaban J connectivity index is 2.11. The van der Waals surface area contributed by atoms with Gasteiger partial charge < -0.3 is 9.47 Å². The van der Waals surface area contributed by atoms with Gasteiger partial charge in [-0.25, -0.2) is 28.0 Å². The van der Waals surface area contributed by atoms with Gasteiger partial charge in [-0.2, -0.15) is 39.5 Å². The molecule has 17 heteroatoms. The second-order valence-electron chi connectivity index (χ2n) is 9.05. The number of carbonyl (C=O) groups is 4. The molecule has 3 aromatic carbocycles. The van der Waals surface area contributed by atoms with Crippen molar-refractivity contribution in [2.24, 2.45) is 0 Å². The number of esters is 4. The molecule has 0 aliphatic carbocycles. The molecule has 0 spiro atoms. The minimum atomic E-state index is -6.25. The fourth-order valence-corrected chi connectivity index (χ4v) is 5.15. The van der Waals surface area contributed by atoms with Crippen LogP contribution in [0.15, 0.2) is 42.5 Å². The maximum atomic E-state index is 15.7. The zero-order chi connectivity index (χ0) is 32.0. The van der Waals surface area contributed by atoms with Crippen LogP contribution in [-0.4, -0.2) is 30.1 Å². The Morgan fingerprint density at radius 3 is 1.23 bits per heavy atom. The van der Waals surface area contributed by atoms with Crippen molar-refractivity contribution in [1.29, 1.82) is 0 Å². The van der Waals surface area contributed by atoms with Gasteiger partial charge in [-0.3, -0.25) is 0 Å². The van der Waals surface area contributed by atoms with Crippen molar-refractivity contribution >= 4 is 23.9 Å². The van der Waals surface area contributed by atoms with E-state index in [1.807, 2.05) is 0 Å². The SMILES string of the molecule is O=C1OC(=O)c2c(C(c3ccc(C(F)(F)F)cc3C(F)(F)F)(c3ccc(F)c4c3C(=O)OC4=O)C(F)(F)F)ccc(F)c21. The smallest absolute Gasteiger partial charge is 0.386 e. The molecule has 2 aliphatic heterocycles. The van der Waals surface area contributed by atoms with Crippen LogP contribution in [0.4, 0.5) is 48.3 Å². The summed E-state index contributed by atoms with van der Waals surface area (Å²) < 4.78 is 168. The minimum Gasteiger partial charge on any atom is -0.386 e. The largest absolute Gasteiger partial charge is 0.416 e. The van der Waals surface area contributed by atoms with Crippen LogP contribution in [-0.2, 0) is 27.2 Å². The summed E-state index contributed by atoms with van der Waals surface area (Å²) in [7, 11) is 0. The van der Waals surface area contributed by atoms with E-state index in [0.717, 1.165) is 0 Å². The van der Waals surface area contributed by atoms with Crippen molar-refractivity contribution in [1.82, 2.24) is 0 Å². The van der Waals surface area contributed by atoms with Gasteiger partial charge >= 0.3 is 42.4 Å². The van der Waals surface area contributed by atoms with Gasteiger partial charge in [0.25, 0.3) is 0 Å². The van der Waals surface area contributed by atoms with Crippen molar-refractivity contribution < 1.29 is 76.9 Å². The molecule has 0 fully saturated rings. The number of fused-ring (bicyclic) bond motifs is 2. The molecule has 0 N–H and O–H groups in total. The predicted molar refractivity (Wildman–Crippen MR) is 115 cm³/mol. The van der Waals surface area contributed by atoms with Crippen molar-refractivity contribution in [2.45, 2.75) is 23.9 Å². The van der Waals surface area contributed by atoms with E-state index in [4.69, 9.17) is 0 Å². The van der Waals surface area contributed by atoms with Gasteiger partial charge in [-0.1, -0.05) is 18.2 Å². The number of hydrogen-bond acceptors (Lipinski definition) is 6. The van der Waals surface area contributed by atoms with Crippen LogP contribution in [0.25, 0.3) is 0 Å². The second-order valence-corrected chi connectivity index (χ2v) is 9.05. The highest BCUT2D eigenvalue weighted by Gasteiger charge is 2.65. The molecule has 6 nitrogen and oxygen atoms in total. The summed E-state index contributed by atoms with van der Waals surface area (Å²) in [5, 5.41) is 0. The zero-order valence-corrected chi connectivity index (χ0v) is 20.1. The molecule has 2 aliphatic rings. The Bertz CT molecular complexity index is 1700. The van der Waals surface area contributed by atoms with E-state index in [-0.39, 0.29) is 36.4 Å². The summed E-state index contributed by atoms with van der Waals surface area (Å²) in [6.07, 6.45) is -17.8. The normalized spacial score (nSPS) is 15.4. The molecule has 2 heterocycles. The van der Waals surface area contributed by atoms with E-state index in [2.05, 4.69) is 9.47 Å². The summed E-state index contributed by atoms with van der Waals surface area (Å²) in [4.78, 5) is 49.5. The van der Waals surface area contributed by atoms with Crippen LogP contribution >= 0.6 is 0 Å². The first kappa shape index (κ1) is 29.7. The van der Waals surface area contributed by atoms with Crippen molar-refractivity contribution in [3.05, 3.63) is 104 Å². The standard InChI is InChI=1S/C26H7F11O6/c27-13-5-3-10(15-17(13)21(40)42-19(15)38)23(26(35,36)37,11-4-6-14(28)18-16(11)20(39)43-22(18)41)9-2-1-8(24(29,30)31)7-12(9)25(32,33)34/h1-7H. The van der Waals surface area contributed by atoms with E-state index < -0.39 is 116 Å². The summed E-state index contributed by atoms with van der Waals surface area (Å²) in [5.41, 5.74) is -21.0. The van der Waals surface area contributed by atoms with Crippen LogP contribution in [0.3, 0.4) is 0 Å². The molecule has 0 saturated heterocycles. The molecule has 0 aromatic heterocycles. The Morgan fingerprint density at radius 1 is 0.465 bits per heavy atom. The monoisotopic (exact) mass is 624 g/mol. The lowest BCUT2D eigenvalue weighted by molar-refractivity contribution is -0.171. The molecular formula is C26H7F11O6. The van der Waals surface area contributed by atoms with Crippen molar-refractivity contribution in [2.75, 3.05) is 0 Å². The highest BCUT2D eigenvalue weighted by atomic mass is 19.4. The van der Waals surface area contributed by atoms with Crippen LogP contribution in [0.2, 0.25) is 0 Å². The topological polar surface area (TPSA) is 86.7 Å². The van der Waals surface area contributed by atoms with E-state index in [1.54, 1.807) is 0 Å². The van der Waals surface area contributed by atoms with E-state index in [0.29, 0.717) is 0 Å². The van der Waals surface area contributed by atoms with Gasteiger partial charge in [0.1, 0.15) is 28.2 Å². The third-order valence-corrected chi connectivity index (χ3v) is 6.79. The first-order valence-corrected chi connectivity index (χ1v) is 11.3. The van der Waals surface area contributed by atoms with E-state index in [9.17, 15) is 54.3 Å². The molecule has 5 rings (SSSR count). The van der Waals surface area contributed by atoms with Crippen LogP contribution in [0.5, 0.6) is 0 Å². The molecule has 43 heavy (non-hydrogen) atoms.